The first-order chi connectivity index (χ1) is 7.70. The van der Waals surface area contributed by atoms with E-state index in [0.717, 1.165) is 20.5 Å². The van der Waals surface area contributed by atoms with Gasteiger partial charge in [-0.1, -0.05) is 12.1 Å². The maximum absolute atomic E-state index is 9.10. The Balaban J connectivity index is 2.35. The van der Waals surface area contributed by atoms with Crippen molar-refractivity contribution in [3.8, 4) is 6.07 Å². The van der Waals surface area contributed by atoms with Crippen LogP contribution >= 0.6 is 27.9 Å². The van der Waals surface area contributed by atoms with Crippen molar-refractivity contribution in [3.05, 3.63) is 52.3 Å². The van der Waals surface area contributed by atoms with Gasteiger partial charge in [0.2, 0.25) is 0 Å². The fourth-order valence-corrected chi connectivity index (χ4v) is 2.81. The van der Waals surface area contributed by atoms with Crippen LogP contribution in [0.25, 0.3) is 0 Å². The van der Waals surface area contributed by atoms with Crippen LogP contribution in [0.5, 0.6) is 0 Å². The zero-order chi connectivity index (χ0) is 11.5. The largest absolute Gasteiger partial charge is 0.294 e. The Morgan fingerprint density at radius 2 is 2.19 bits per heavy atom. The zero-order valence-electron chi connectivity index (χ0n) is 8.64. The maximum atomic E-state index is 9.10. The summed E-state index contributed by atoms with van der Waals surface area (Å²) >= 11 is 4.93. The molecule has 0 aliphatic heterocycles. The van der Waals surface area contributed by atoms with Crippen LogP contribution in [0.15, 0.2) is 46.0 Å². The molecule has 0 spiro atoms. The van der Waals surface area contributed by atoms with Gasteiger partial charge in [-0.25, -0.2) is 0 Å². The van der Waals surface area contributed by atoms with E-state index in [9.17, 15) is 0 Å². The van der Waals surface area contributed by atoms with Gasteiger partial charge in [-0.05, 0) is 52.5 Å². The number of aromatic nitrogens is 1. The van der Waals surface area contributed by atoms with Crippen molar-refractivity contribution in [1.29, 1.82) is 5.26 Å². The van der Waals surface area contributed by atoms with Crippen LogP contribution in [0, 0.1) is 18.3 Å². The Labute approximate surface area is 107 Å². The summed E-state index contributed by atoms with van der Waals surface area (Å²) in [7, 11) is 0. The van der Waals surface area contributed by atoms with E-state index in [-0.39, 0.29) is 0 Å². The normalized spacial score (nSPS) is 10.1. The third-order valence-electron chi connectivity index (χ3n) is 2.18. The molecule has 1 heterocycles. The van der Waals surface area contributed by atoms with Gasteiger partial charge in [0.1, 0.15) is 6.07 Å². The molecule has 0 amide bonds. The smallest absolute Gasteiger partial charge is 0.101 e. The first-order valence-corrected chi connectivity index (χ1v) is 6.29. The number of aryl methyl sites for hydroxylation is 1. The van der Waals surface area contributed by atoms with Crippen molar-refractivity contribution < 1.29 is 0 Å². The molecule has 0 saturated heterocycles. The summed E-state index contributed by atoms with van der Waals surface area (Å²) in [6, 6.07) is 10.1. The summed E-state index contributed by atoms with van der Waals surface area (Å²) < 4.78 is 3.01. The number of rotatable bonds is 2. The zero-order valence-corrected chi connectivity index (χ0v) is 11.0. The molecule has 0 atom stereocenters. The standard InChI is InChI=1S/C12H9BrN2S/c1-9-3-2-4-12(11(9)7-14)16-15-6-5-10(13)8-15/h2-6,8H,1H3. The lowest BCUT2D eigenvalue weighted by molar-refractivity contribution is 1.23. The van der Waals surface area contributed by atoms with Crippen LogP contribution < -0.4 is 0 Å². The second-order valence-electron chi connectivity index (χ2n) is 3.34. The number of hydrogen-bond donors (Lipinski definition) is 0. The number of nitrogens with zero attached hydrogens (tertiary/aromatic N) is 2. The van der Waals surface area contributed by atoms with Crippen molar-refractivity contribution in [2.45, 2.75) is 11.8 Å². The van der Waals surface area contributed by atoms with E-state index in [1.165, 1.54) is 11.9 Å². The minimum absolute atomic E-state index is 0.748. The molecule has 0 unspecified atom stereocenters. The molecule has 2 rings (SSSR count). The van der Waals surface area contributed by atoms with Gasteiger partial charge in [-0.2, -0.15) is 5.26 Å². The molecule has 1 aromatic carbocycles. The summed E-state index contributed by atoms with van der Waals surface area (Å²) in [5, 5.41) is 9.10. The summed E-state index contributed by atoms with van der Waals surface area (Å²) in [5.41, 5.74) is 1.76. The van der Waals surface area contributed by atoms with E-state index in [2.05, 4.69) is 22.0 Å². The predicted octanol–water partition coefficient (Wildman–Crippen LogP) is 3.99. The van der Waals surface area contributed by atoms with E-state index >= 15 is 0 Å². The highest BCUT2D eigenvalue weighted by molar-refractivity contribution is 9.10. The minimum Gasteiger partial charge on any atom is -0.294 e. The molecule has 16 heavy (non-hydrogen) atoms. The van der Waals surface area contributed by atoms with Crippen LogP contribution in [0.4, 0.5) is 0 Å². The molecular formula is C12H9BrN2S. The van der Waals surface area contributed by atoms with Crippen molar-refractivity contribution in [3.63, 3.8) is 0 Å². The molecule has 0 bridgehead atoms. The van der Waals surface area contributed by atoms with Gasteiger partial charge in [0.15, 0.2) is 0 Å². The summed E-state index contributed by atoms with van der Waals surface area (Å²) in [5.74, 6) is 0. The topological polar surface area (TPSA) is 28.7 Å². The molecule has 2 nitrogen and oxygen atoms in total. The predicted molar refractivity (Wildman–Crippen MR) is 69.3 cm³/mol. The highest BCUT2D eigenvalue weighted by Crippen LogP contribution is 2.27. The SMILES string of the molecule is Cc1cccc(Sn2ccc(Br)c2)c1C#N. The monoisotopic (exact) mass is 292 g/mol. The Bertz CT molecular complexity index is 554. The third kappa shape index (κ3) is 2.31. The maximum Gasteiger partial charge on any atom is 0.101 e. The van der Waals surface area contributed by atoms with Gasteiger partial charge >= 0.3 is 0 Å². The fraction of sp³-hybridized carbons (Fsp3) is 0.0833. The third-order valence-corrected chi connectivity index (χ3v) is 3.63. The molecule has 80 valence electrons. The molecular weight excluding hydrogens is 284 g/mol. The second-order valence-corrected chi connectivity index (χ2v) is 5.30. The van der Waals surface area contributed by atoms with Crippen molar-refractivity contribution in [1.82, 2.24) is 3.97 Å². The highest BCUT2D eigenvalue weighted by atomic mass is 79.9. The average molecular weight is 293 g/mol. The first-order valence-electron chi connectivity index (χ1n) is 4.72. The van der Waals surface area contributed by atoms with Gasteiger partial charge in [-0.15, -0.1) is 0 Å². The minimum atomic E-state index is 0.748. The first kappa shape index (κ1) is 11.3. The van der Waals surface area contributed by atoms with Crippen LogP contribution in [0.2, 0.25) is 0 Å². The lowest BCUT2D eigenvalue weighted by Gasteiger charge is -2.05. The van der Waals surface area contributed by atoms with E-state index in [1.807, 2.05) is 47.6 Å². The van der Waals surface area contributed by atoms with Crippen molar-refractivity contribution in [2.24, 2.45) is 0 Å². The lowest BCUT2D eigenvalue weighted by Crippen LogP contribution is -1.89. The number of hydrogen-bond acceptors (Lipinski definition) is 2. The van der Waals surface area contributed by atoms with Gasteiger partial charge in [0.25, 0.3) is 0 Å². The molecule has 4 heteroatoms. The molecule has 0 aliphatic carbocycles. The Kier molecular flexibility index (Phi) is 3.37. The molecule has 0 aliphatic rings. The average Bonchev–Trinajstić information content (AvgIpc) is 2.64. The molecule has 2 aromatic rings. The van der Waals surface area contributed by atoms with E-state index in [4.69, 9.17) is 5.26 Å². The van der Waals surface area contributed by atoms with E-state index in [0.29, 0.717) is 0 Å². The second kappa shape index (κ2) is 4.77. The lowest BCUT2D eigenvalue weighted by atomic mass is 10.1. The van der Waals surface area contributed by atoms with Crippen LogP contribution in [0.3, 0.4) is 0 Å². The Hall–Kier alpha value is -1.18. The number of nitriles is 1. The highest BCUT2D eigenvalue weighted by Gasteiger charge is 2.06. The molecule has 0 fully saturated rings. The number of benzene rings is 1. The summed E-state index contributed by atoms with van der Waals surface area (Å²) in [6.07, 6.45) is 3.92. The quantitative estimate of drug-likeness (QED) is 0.837. The van der Waals surface area contributed by atoms with Crippen LogP contribution in [-0.4, -0.2) is 3.97 Å². The molecule has 0 saturated carbocycles. The van der Waals surface area contributed by atoms with Gasteiger partial charge in [0.05, 0.1) is 5.56 Å². The summed E-state index contributed by atoms with van der Waals surface area (Å²) in [4.78, 5) is 0.977. The van der Waals surface area contributed by atoms with Gasteiger partial charge < -0.3 is 0 Å². The van der Waals surface area contributed by atoms with Crippen LogP contribution in [0.1, 0.15) is 11.1 Å². The van der Waals surface area contributed by atoms with Crippen LogP contribution in [-0.2, 0) is 0 Å². The van der Waals surface area contributed by atoms with Gasteiger partial charge in [0, 0.05) is 21.8 Å². The molecule has 1 aromatic heterocycles. The van der Waals surface area contributed by atoms with Gasteiger partial charge in [-0.3, -0.25) is 3.97 Å². The van der Waals surface area contributed by atoms with Crippen molar-refractivity contribution >= 4 is 27.9 Å². The number of halogens is 1. The van der Waals surface area contributed by atoms with E-state index in [1.54, 1.807) is 0 Å². The summed E-state index contributed by atoms with van der Waals surface area (Å²) in [6.45, 7) is 1.95. The molecule has 0 radical (unpaired) electrons. The Morgan fingerprint density at radius 3 is 2.81 bits per heavy atom. The fourth-order valence-electron chi connectivity index (χ4n) is 1.38. The molecule has 0 N–H and O–H groups in total. The van der Waals surface area contributed by atoms with Crippen molar-refractivity contribution in [2.75, 3.05) is 0 Å². The van der Waals surface area contributed by atoms with E-state index < -0.39 is 0 Å². The Morgan fingerprint density at radius 1 is 1.38 bits per heavy atom.